The minimum atomic E-state index is -0.0162. The normalized spacial score (nSPS) is 16.7. The molecule has 1 aromatic rings. The Morgan fingerprint density at radius 2 is 2.40 bits per heavy atom. The van der Waals surface area contributed by atoms with Crippen molar-refractivity contribution in [2.75, 3.05) is 6.54 Å². The van der Waals surface area contributed by atoms with Crippen molar-refractivity contribution < 1.29 is 4.79 Å². The summed E-state index contributed by atoms with van der Waals surface area (Å²) >= 11 is 1.52. The van der Waals surface area contributed by atoms with E-state index in [1.807, 2.05) is 5.38 Å². The van der Waals surface area contributed by atoms with Crippen LogP contribution in [-0.4, -0.2) is 23.5 Å². The summed E-state index contributed by atoms with van der Waals surface area (Å²) in [5, 5.41) is 6.00. The first-order chi connectivity index (χ1) is 9.74. The lowest BCUT2D eigenvalue weighted by Crippen LogP contribution is -2.43. The Bertz CT molecular complexity index is 429. The Labute approximate surface area is 125 Å². The van der Waals surface area contributed by atoms with Gasteiger partial charge >= 0.3 is 0 Å². The number of hydrogen-bond donors (Lipinski definition) is 2. The number of amides is 1. The quantitative estimate of drug-likeness (QED) is 0.775. The maximum atomic E-state index is 12.3. The van der Waals surface area contributed by atoms with E-state index in [-0.39, 0.29) is 5.91 Å². The Kier molecular flexibility index (Phi) is 5.98. The van der Waals surface area contributed by atoms with Crippen LogP contribution in [0.3, 0.4) is 0 Å². The van der Waals surface area contributed by atoms with Crippen molar-refractivity contribution in [3.8, 4) is 0 Å². The van der Waals surface area contributed by atoms with Crippen LogP contribution in [0.15, 0.2) is 5.38 Å². The van der Waals surface area contributed by atoms with Gasteiger partial charge in [0.25, 0.3) is 5.91 Å². The SMILES string of the molecule is CCCCC(NC(=O)c1csc(CCN)n1)C1CCC1. The fraction of sp³-hybridized carbons (Fsp3) is 0.733. The summed E-state index contributed by atoms with van der Waals surface area (Å²) in [6.45, 7) is 2.77. The zero-order valence-corrected chi connectivity index (χ0v) is 13.0. The number of rotatable bonds is 8. The van der Waals surface area contributed by atoms with Crippen LogP contribution < -0.4 is 11.1 Å². The third-order valence-electron chi connectivity index (χ3n) is 4.05. The Morgan fingerprint density at radius 1 is 1.60 bits per heavy atom. The van der Waals surface area contributed by atoms with Gasteiger partial charge in [0.1, 0.15) is 5.69 Å². The fourth-order valence-corrected chi connectivity index (χ4v) is 3.38. The minimum absolute atomic E-state index is 0.0162. The number of aromatic nitrogens is 1. The second-order valence-corrected chi connectivity index (χ2v) is 6.52. The molecule has 1 unspecified atom stereocenters. The van der Waals surface area contributed by atoms with E-state index in [1.54, 1.807) is 0 Å². The maximum Gasteiger partial charge on any atom is 0.270 e. The first kappa shape index (κ1) is 15.4. The second-order valence-electron chi connectivity index (χ2n) is 5.58. The number of thiazole rings is 1. The number of carbonyl (C=O) groups is 1. The monoisotopic (exact) mass is 295 g/mol. The molecule has 1 atom stereocenters. The first-order valence-electron chi connectivity index (χ1n) is 7.70. The maximum absolute atomic E-state index is 12.3. The third-order valence-corrected chi connectivity index (χ3v) is 4.96. The van der Waals surface area contributed by atoms with Crippen LogP contribution in [0.1, 0.15) is 60.9 Å². The van der Waals surface area contributed by atoms with E-state index < -0.39 is 0 Å². The van der Waals surface area contributed by atoms with Crippen molar-refractivity contribution in [1.82, 2.24) is 10.3 Å². The van der Waals surface area contributed by atoms with Gasteiger partial charge in [-0.15, -0.1) is 11.3 Å². The molecule has 1 saturated carbocycles. The number of nitrogens with one attached hydrogen (secondary N) is 1. The standard InChI is InChI=1S/C15H25N3OS/c1-2-3-7-12(11-5-4-6-11)18-15(19)13-10-20-14(17-13)8-9-16/h10-12H,2-9,16H2,1H3,(H,18,19). The van der Waals surface area contributed by atoms with Crippen LogP contribution in [0.25, 0.3) is 0 Å². The van der Waals surface area contributed by atoms with E-state index in [4.69, 9.17) is 5.73 Å². The van der Waals surface area contributed by atoms with Gasteiger partial charge in [-0.3, -0.25) is 4.79 Å². The summed E-state index contributed by atoms with van der Waals surface area (Å²) < 4.78 is 0. The topological polar surface area (TPSA) is 68.0 Å². The van der Waals surface area contributed by atoms with Gasteiger partial charge in [-0.1, -0.05) is 26.2 Å². The summed E-state index contributed by atoms with van der Waals surface area (Å²) in [4.78, 5) is 16.6. The molecule has 0 bridgehead atoms. The second kappa shape index (κ2) is 7.74. The van der Waals surface area contributed by atoms with Crippen LogP contribution >= 0.6 is 11.3 Å². The molecule has 1 amide bonds. The summed E-state index contributed by atoms with van der Waals surface area (Å²) in [5.41, 5.74) is 6.07. The number of nitrogens with two attached hydrogens (primary N) is 1. The van der Waals surface area contributed by atoms with Crippen molar-refractivity contribution >= 4 is 17.2 Å². The molecule has 112 valence electrons. The first-order valence-corrected chi connectivity index (χ1v) is 8.58. The molecule has 0 aliphatic heterocycles. The molecule has 5 heteroatoms. The van der Waals surface area contributed by atoms with E-state index in [2.05, 4.69) is 17.2 Å². The van der Waals surface area contributed by atoms with Crippen LogP contribution in [0, 0.1) is 5.92 Å². The van der Waals surface area contributed by atoms with Crippen LogP contribution in [0.2, 0.25) is 0 Å². The van der Waals surface area contributed by atoms with Crippen molar-refractivity contribution in [1.29, 1.82) is 0 Å². The molecule has 0 aromatic carbocycles. The van der Waals surface area contributed by atoms with Crippen molar-refractivity contribution in [2.45, 2.75) is 57.9 Å². The largest absolute Gasteiger partial charge is 0.348 e. The van der Waals surface area contributed by atoms with E-state index >= 15 is 0 Å². The number of carbonyl (C=O) groups excluding carboxylic acids is 1. The lowest BCUT2D eigenvalue weighted by molar-refractivity contribution is 0.0890. The molecule has 1 aliphatic carbocycles. The van der Waals surface area contributed by atoms with Crippen molar-refractivity contribution in [3.63, 3.8) is 0 Å². The highest BCUT2D eigenvalue weighted by Crippen LogP contribution is 2.31. The molecular weight excluding hydrogens is 270 g/mol. The molecule has 0 saturated heterocycles. The van der Waals surface area contributed by atoms with E-state index in [0.717, 1.165) is 17.8 Å². The predicted octanol–water partition coefficient (Wildman–Crippen LogP) is 2.73. The summed E-state index contributed by atoms with van der Waals surface area (Å²) in [6.07, 6.45) is 8.01. The van der Waals surface area contributed by atoms with Gasteiger partial charge in [-0.2, -0.15) is 0 Å². The van der Waals surface area contributed by atoms with Crippen LogP contribution in [-0.2, 0) is 6.42 Å². The van der Waals surface area contributed by atoms with Gasteiger partial charge < -0.3 is 11.1 Å². The van der Waals surface area contributed by atoms with Gasteiger partial charge in [0, 0.05) is 17.8 Å². The zero-order valence-electron chi connectivity index (χ0n) is 12.2. The van der Waals surface area contributed by atoms with Crippen LogP contribution in [0.4, 0.5) is 0 Å². The molecular formula is C15H25N3OS. The van der Waals surface area contributed by atoms with Crippen molar-refractivity contribution in [3.05, 3.63) is 16.1 Å². The zero-order chi connectivity index (χ0) is 14.4. The fourth-order valence-electron chi connectivity index (χ4n) is 2.59. The molecule has 1 aliphatic rings. The average Bonchev–Trinajstić information content (AvgIpc) is 2.83. The molecule has 2 rings (SSSR count). The van der Waals surface area contributed by atoms with Gasteiger partial charge in [-0.05, 0) is 31.7 Å². The lowest BCUT2D eigenvalue weighted by Gasteiger charge is -2.34. The number of hydrogen-bond acceptors (Lipinski definition) is 4. The molecule has 1 heterocycles. The smallest absolute Gasteiger partial charge is 0.270 e. The third kappa shape index (κ3) is 4.03. The lowest BCUT2D eigenvalue weighted by atomic mass is 9.78. The van der Waals surface area contributed by atoms with Crippen LogP contribution in [0.5, 0.6) is 0 Å². The highest BCUT2D eigenvalue weighted by Gasteiger charge is 2.28. The number of nitrogens with zero attached hydrogens (tertiary/aromatic N) is 1. The summed E-state index contributed by atoms with van der Waals surface area (Å²) in [7, 11) is 0. The van der Waals surface area contributed by atoms with E-state index in [1.165, 1.54) is 43.4 Å². The predicted molar refractivity (Wildman–Crippen MR) is 83.0 cm³/mol. The summed E-state index contributed by atoms with van der Waals surface area (Å²) in [6, 6.07) is 0.329. The average molecular weight is 295 g/mol. The van der Waals surface area contributed by atoms with Gasteiger partial charge in [0.2, 0.25) is 0 Å². The molecule has 0 spiro atoms. The highest BCUT2D eigenvalue weighted by atomic mass is 32.1. The van der Waals surface area contributed by atoms with Crippen molar-refractivity contribution in [2.24, 2.45) is 11.7 Å². The van der Waals surface area contributed by atoms with E-state index in [0.29, 0.717) is 24.2 Å². The Hall–Kier alpha value is -0.940. The highest BCUT2D eigenvalue weighted by molar-refractivity contribution is 7.09. The Balaban J connectivity index is 1.92. The number of unbranched alkanes of at least 4 members (excludes halogenated alkanes) is 1. The molecule has 0 radical (unpaired) electrons. The minimum Gasteiger partial charge on any atom is -0.348 e. The molecule has 4 nitrogen and oxygen atoms in total. The molecule has 1 fully saturated rings. The molecule has 20 heavy (non-hydrogen) atoms. The summed E-state index contributed by atoms with van der Waals surface area (Å²) in [5.74, 6) is 0.658. The Morgan fingerprint density at radius 3 is 3.00 bits per heavy atom. The van der Waals surface area contributed by atoms with Gasteiger partial charge in [-0.25, -0.2) is 4.98 Å². The molecule has 1 aromatic heterocycles. The van der Waals surface area contributed by atoms with Gasteiger partial charge in [0.05, 0.1) is 5.01 Å². The van der Waals surface area contributed by atoms with E-state index in [9.17, 15) is 4.79 Å². The van der Waals surface area contributed by atoms with Gasteiger partial charge in [0.15, 0.2) is 0 Å². The molecule has 3 N–H and O–H groups in total.